The lowest BCUT2D eigenvalue weighted by Crippen LogP contribution is -2.33. The fraction of sp³-hybridized carbons (Fsp3) is 0.571. The van der Waals surface area contributed by atoms with E-state index in [0.29, 0.717) is 6.04 Å². The van der Waals surface area contributed by atoms with Gasteiger partial charge in [-0.3, -0.25) is 4.79 Å². The molecule has 0 aromatic heterocycles. The fourth-order valence-corrected chi connectivity index (χ4v) is 4.41. The van der Waals surface area contributed by atoms with Crippen molar-refractivity contribution in [2.75, 3.05) is 23.4 Å². The van der Waals surface area contributed by atoms with Crippen LogP contribution in [0.5, 0.6) is 0 Å². The maximum absolute atomic E-state index is 13.2. The fourth-order valence-electron chi connectivity index (χ4n) is 4.41. The van der Waals surface area contributed by atoms with E-state index in [-0.39, 0.29) is 11.9 Å². The van der Waals surface area contributed by atoms with Crippen LogP contribution < -0.4 is 10.2 Å². The second-order valence-corrected chi connectivity index (χ2v) is 7.72. The van der Waals surface area contributed by atoms with E-state index in [2.05, 4.69) is 37.4 Å². The summed E-state index contributed by atoms with van der Waals surface area (Å²) in [5, 5.41) is 3.68. The Morgan fingerprint density at radius 3 is 2.56 bits per heavy atom. The molecule has 1 aliphatic carbocycles. The second-order valence-electron chi connectivity index (χ2n) is 7.72. The summed E-state index contributed by atoms with van der Waals surface area (Å²) < 4.78 is 5.50. The molecule has 1 amide bonds. The maximum Gasteiger partial charge on any atom is 0.259 e. The molecule has 1 saturated heterocycles. The molecule has 1 saturated carbocycles. The number of nitrogens with zero attached hydrogens (tertiary/aromatic N) is 1. The Bertz CT molecular complexity index is 694. The van der Waals surface area contributed by atoms with Gasteiger partial charge in [-0.1, -0.05) is 18.4 Å². The van der Waals surface area contributed by atoms with Crippen LogP contribution in [0, 0.1) is 0 Å². The average molecular weight is 340 g/mol. The quantitative estimate of drug-likeness (QED) is 0.831. The van der Waals surface area contributed by atoms with E-state index < -0.39 is 0 Å². The molecule has 4 rings (SSSR count). The number of hydrogen-bond acceptors (Lipinski definition) is 3. The second kappa shape index (κ2) is 6.83. The number of carbonyl (C=O) groups is 1. The molecule has 3 aliphatic rings. The lowest BCUT2D eigenvalue weighted by atomic mass is 9.95. The number of nitrogens with one attached hydrogen (secondary N) is 1. The highest BCUT2D eigenvalue weighted by molar-refractivity contribution is 6.33. The summed E-state index contributed by atoms with van der Waals surface area (Å²) >= 11 is 0. The van der Waals surface area contributed by atoms with Gasteiger partial charge in [0.1, 0.15) is 0 Å². The normalized spacial score (nSPS) is 21.4. The van der Waals surface area contributed by atoms with Crippen molar-refractivity contribution in [3.05, 3.63) is 29.3 Å². The van der Waals surface area contributed by atoms with Crippen LogP contribution in [0.25, 0.3) is 5.57 Å². The van der Waals surface area contributed by atoms with Gasteiger partial charge in [-0.15, -0.1) is 0 Å². The number of carbonyl (C=O) groups excluding carboxylic acids is 1. The molecule has 0 atom stereocenters. The van der Waals surface area contributed by atoms with Gasteiger partial charge < -0.3 is 15.0 Å². The highest BCUT2D eigenvalue weighted by atomic mass is 16.5. The third-order valence-corrected chi connectivity index (χ3v) is 5.65. The van der Waals surface area contributed by atoms with Crippen LogP contribution in [-0.2, 0) is 9.53 Å². The molecular weight excluding hydrogens is 312 g/mol. The SMILES string of the molecule is CC(C)N1C(=O)C(=C2CCOCC2)c2cc(NC3CCCC3)ccc21. The third kappa shape index (κ3) is 3.08. The first-order valence-electron chi connectivity index (χ1n) is 9.69. The first-order valence-corrected chi connectivity index (χ1v) is 9.69. The van der Waals surface area contributed by atoms with Crippen molar-refractivity contribution in [2.45, 2.75) is 64.5 Å². The van der Waals surface area contributed by atoms with Gasteiger partial charge >= 0.3 is 0 Å². The summed E-state index contributed by atoms with van der Waals surface area (Å²) in [4.78, 5) is 15.1. The average Bonchev–Trinajstić information content (AvgIpc) is 3.20. The topological polar surface area (TPSA) is 41.6 Å². The number of ether oxygens (including phenoxy) is 1. The summed E-state index contributed by atoms with van der Waals surface area (Å²) in [5.41, 5.74) is 5.51. The monoisotopic (exact) mass is 340 g/mol. The van der Waals surface area contributed by atoms with Gasteiger partial charge in [0, 0.05) is 28.9 Å². The number of benzene rings is 1. The van der Waals surface area contributed by atoms with Gasteiger partial charge in [-0.05, 0) is 57.7 Å². The minimum absolute atomic E-state index is 0.165. The summed E-state index contributed by atoms with van der Waals surface area (Å²) in [6, 6.07) is 7.20. The van der Waals surface area contributed by atoms with Gasteiger partial charge in [0.2, 0.25) is 0 Å². The van der Waals surface area contributed by atoms with Crippen LogP contribution in [-0.4, -0.2) is 31.2 Å². The van der Waals surface area contributed by atoms with Crippen molar-refractivity contribution in [3.63, 3.8) is 0 Å². The molecule has 0 radical (unpaired) electrons. The van der Waals surface area contributed by atoms with Gasteiger partial charge in [-0.2, -0.15) is 0 Å². The van der Waals surface area contributed by atoms with Crippen molar-refractivity contribution in [3.8, 4) is 0 Å². The first kappa shape index (κ1) is 16.6. The Hall–Kier alpha value is -1.81. The van der Waals surface area contributed by atoms with E-state index in [4.69, 9.17) is 4.74 Å². The van der Waals surface area contributed by atoms with Crippen molar-refractivity contribution in [1.29, 1.82) is 0 Å². The molecule has 2 heterocycles. The molecule has 1 aromatic carbocycles. The molecule has 25 heavy (non-hydrogen) atoms. The Kier molecular flexibility index (Phi) is 4.55. The number of fused-ring (bicyclic) bond motifs is 1. The Morgan fingerprint density at radius 1 is 1.16 bits per heavy atom. The van der Waals surface area contributed by atoms with Crippen LogP contribution in [0.15, 0.2) is 23.8 Å². The Labute approximate surface area is 150 Å². The predicted molar refractivity (Wildman–Crippen MR) is 102 cm³/mol. The molecule has 0 bridgehead atoms. The first-order chi connectivity index (χ1) is 12.1. The van der Waals surface area contributed by atoms with Crippen LogP contribution in [0.1, 0.15) is 57.9 Å². The number of amides is 1. The smallest absolute Gasteiger partial charge is 0.259 e. The largest absolute Gasteiger partial charge is 0.382 e. The molecule has 4 heteroatoms. The van der Waals surface area contributed by atoms with E-state index in [1.54, 1.807) is 0 Å². The highest BCUT2D eigenvalue weighted by Crippen LogP contribution is 2.43. The van der Waals surface area contributed by atoms with E-state index in [1.807, 2.05) is 4.90 Å². The zero-order chi connectivity index (χ0) is 17.4. The van der Waals surface area contributed by atoms with Gasteiger partial charge in [0.05, 0.1) is 18.9 Å². The molecule has 2 fully saturated rings. The van der Waals surface area contributed by atoms with Crippen molar-refractivity contribution >= 4 is 22.9 Å². The number of hydrogen-bond donors (Lipinski definition) is 1. The highest BCUT2D eigenvalue weighted by Gasteiger charge is 2.36. The molecule has 134 valence electrons. The molecular formula is C21H28N2O2. The molecule has 4 nitrogen and oxygen atoms in total. The minimum atomic E-state index is 0.165. The van der Waals surface area contributed by atoms with Crippen LogP contribution in [0.2, 0.25) is 0 Å². The number of rotatable bonds is 3. The third-order valence-electron chi connectivity index (χ3n) is 5.65. The Balaban J connectivity index is 1.74. The zero-order valence-electron chi connectivity index (χ0n) is 15.3. The van der Waals surface area contributed by atoms with Crippen molar-refractivity contribution in [1.82, 2.24) is 0 Å². The maximum atomic E-state index is 13.2. The van der Waals surface area contributed by atoms with E-state index in [1.165, 1.54) is 31.3 Å². The van der Waals surface area contributed by atoms with Crippen molar-refractivity contribution in [2.24, 2.45) is 0 Å². The Morgan fingerprint density at radius 2 is 1.88 bits per heavy atom. The summed E-state index contributed by atoms with van der Waals surface area (Å²) in [5.74, 6) is 0.167. The predicted octanol–water partition coefficient (Wildman–Crippen LogP) is 4.36. The van der Waals surface area contributed by atoms with Gasteiger partial charge in [0.15, 0.2) is 0 Å². The molecule has 1 N–H and O–H groups in total. The standard InChI is InChI=1S/C21H28N2O2/c1-14(2)23-19-8-7-17(22-16-5-3-4-6-16)13-18(19)20(21(23)24)15-9-11-25-12-10-15/h7-8,13-14,16,22H,3-6,9-12H2,1-2H3. The van der Waals surface area contributed by atoms with E-state index in [0.717, 1.165) is 48.6 Å². The van der Waals surface area contributed by atoms with Crippen LogP contribution >= 0.6 is 0 Å². The summed E-state index contributed by atoms with van der Waals surface area (Å²) in [7, 11) is 0. The van der Waals surface area contributed by atoms with Crippen LogP contribution in [0.4, 0.5) is 11.4 Å². The zero-order valence-corrected chi connectivity index (χ0v) is 15.3. The van der Waals surface area contributed by atoms with Gasteiger partial charge in [-0.25, -0.2) is 0 Å². The van der Waals surface area contributed by atoms with E-state index >= 15 is 0 Å². The summed E-state index contributed by atoms with van der Waals surface area (Å²) in [6.07, 6.45) is 6.87. The van der Waals surface area contributed by atoms with Crippen LogP contribution in [0.3, 0.4) is 0 Å². The molecule has 2 aliphatic heterocycles. The van der Waals surface area contributed by atoms with E-state index in [9.17, 15) is 4.79 Å². The molecule has 0 spiro atoms. The minimum Gasteiger partial charge on any atom is -0.382 e. The summed E-state index contributed by atoms with van der Waals surface area (Å²) in [6.45, 7) is 5.63. The number of anilines is 2. The lowest BCUT2D eigenvalue weighted by Gasteiger charge is -2.22. The van der Waals surface area contributed by atoms with Crippen molar-refractivity contribution < 1.29 is 9.53 Å². The molecule has 1 aromatic rings. The van der Waals surface area contributed by atoms with Gasteiger partial charge in [0.25, 0.3) is 5.91 Å². The lowest BCUT2D eigenvalue weighted by molar-refractivity contribution is -0.113. The molecule has 0 unspecified atom stereocenters.